The Kier molecular flexibility index (Phi) is 5.50. The van der Waals surface area contributed by atoms with Gasteiger partial charge in [-0.15, -0.1) is 0 Å². The van der Waals surface area contributed by atoms with Gasteiger partial charge in [-0.1, -0.05) is 5.16 Å². The third-order valence-corrected chi connectivity index (χ3v) is 5.14. The average Bonchev–Trinajstić information content (AvgIpc) is 3.41. The molecule has 152 valence electrons. The highest BCUT2D eigenvalue weighted by molar-refractivity contribution is 5.79. The van der Waals surface area contributed by atoms with E-state index in [2.05, 4.69) is 15.4 Å². The molecule has 0 spiro atoms. The number of rotatable bonds is 6. The van der Waals surface area contributed by atoms with Gasteiger partial charge in [-0.3, -0.25) is 9.89 Å². The Hall–Kier alpha value is -3.29. The normalized spacial score (nSPS) is 16.6. The van der Waals surface area contributed by atoms with Crippen LogP contribution in [0, 0.1) is 6.92 Å². The molecule has 0 bridgehead atoms. The molecule has 0 saturated carbocycles. The van der Waals surface area contributed by atoms with E-state index in [-0.39, 0.29) is 18.6 Å². The minimum absolute atomic E-state index is 0.0201. The zero-order chi connectivity index (χ0) is 20.2. The number of aromatic amines is 1. The molecule has 1 aliphatic heterocycles. The summed E-state index contributed by atoms with van der Waals surface area (Å²) in [6, 6.07) is 8.96. The average molecular weight is 396 g/mol. The molecule has 2 aromatic heterocycles. The molecular formula is C21H24N4O4. The first-order valence-corrected chi connectivity index (χ1v) is 9.69. The Balaban J connectivity index is 1.49. The third-order valence-electron chi connectivity index (χ3n) is 5.14. The molecule has 3 aromatic rings. The largest absolute Gasteiger partial charge is 0.497 e. The summed E-state index contributed by atoms with van der Waals surface area (Å²) in [6.45, 7) is 2.54. The summed E-state index contributed by atoms with van der Waals surface area (Å²) in [6.07, 6.45) is 4.59. The monoisotopic (exact) mass is 396 g/mol. The van der Waals surface area contributed by atoms with E-state index in [0.29, 0.717) is 18.1 Å². The lowest BCUT2D eigenvalue weighted by Gasteiger charge is -2.35. The van der Waals surface area contributed by atoms with Crippen molar-refractivity contribution in [3.8, 4) is 22.8 Å². The van der Waals surface area contributed by atoms with E-state index in [9.17, 15) is 4.79 Å². The van der Waals surface area contributed by atoms with Gasteiger partial charge in [0.2, 0.25) is 0 Å². The van der Waals surface area contributed by atoms with Crippen molar-refractivity contribution < 1.29 is 18.8 Å². The fraction of sp³-hybridized carbons (Fsp3) is 0.381. The van der Waals surface area contributed by atoms with Gasteiger partial charge >= 0.3 is 0 Å². The van der Waals surface area contributed by atoms with E-state index in [0.717, 1.165) is 42.0 Å². The SMILES string of the molecule is COc1ccc(OCC(=O)N2CCCC[C@H]2c2[nH]ncc2-c2cc(C)no2)cc1. The molecule has 0 radical (unpaired) electrons. The molecule has 8 nitrogen and oxygen atoms in total. The Morgan fingerprint density at radius 2 is 2.07 bits per heavy atom. The molecule has 3 heterocycles. The molecule has 1 atom stereocenters. The van der Waals surface area contributed by atoms with Gasteiger partial charge in [0.15, 0.2) is 12.4 Å². The minimum atomic E-state index is -0.0985. The van der Waals surface area contributed by atoms with Gasteiger partial charge in [-0.05, 0) is 50.5 Å². The summed E-state index contributed by atoms with van der Waals surface area (Å²) >= 11 is 0. The maximum atomic E-state index is 13.0. The van der Waals surface area contributed by atoms with E-state index >= 15 is 0 Å². The Bertz CT molecular complexity index is 963. The second kappa shape index (κ2) is 8.38. The van der Waals surface area contributed by atoms with Crippen LogP contribution in [0.3, 0.4) is 0 Å². The highest BCUT2D eigenvalue weighted by Crippen LogP contribution is 2.36. The van der Waals surface area contributed by atoms with Gasteiger partial charge in [0, 0.05) is 12.6 Å². The van der Waals surface area contributed by atoms with Crippen LogP contribution in [0.15, 0.2) is 41.1 Å². The molecule has 1 amide bonds. The van der Waals surface area contributed by atoms with Gasteiger partial charge < -0.3 is 18.9 Å². The lowest BCUT2D eigenvalue weighted by molar-refractivity contribution is -0.137. The van der Waals surface area contributed by atoms with Crippen molar-refractivity contribution in [3.63, 3.8) is 0 Å². The smallest absolute Gasteiger partial charge is 0.261 e. The summed E-state index contributed by atoms with van der Waals surface area (Å²) in [4.78, 5) is 14.8. The summed E-state index contributed by atoms with van der Waals surface area (Å²) in [5, 5.41) is 11.2. The van der Waals surface area contributed by atoms with Gasteiger partial charge in [-0.25, -0.2) is 0 Å². The number of methoxy groups -OCH3 is 1. The van der Waals surface area contributed by atoms with E-state index in [1.54, 1.807) is 37.6 Å². The number of carbonyl (C=O) groups is 1. The number of piperidine rings is 1. The Morgan fingerprint density at radius 3 is 2.79 bits per heavy atom. The van der Waals surface area contributed by atoms with Crippen LogP contribution < -0.4 is 9.47 Å². The number of aryl methyl sites for hydroxylation is 1. The fourth-order valence-corrected chi connectivity index (χ4v) is 3.67. The first kappa shape index (κ1) is 19.0. The number of H-pyrrole nitrogens is 1. The molecular weight excluding hydrogens is 372 g/mol. The van der Waals surface area contributed by atoms with Crippen LogP contribution in [0.2, 0.25) is 0 Å². The van der Waals surface area contributed by atoms with Crippen molar-refractivity contribution in [2.24, 2.45) is 0 Å². The molecule has 1 N–H and O–H groups in total. The van der Waals surface area contributed by atoms with Crippen LogP contribution in [0.1, 0.15) is 36.7 Å². The second-order valence-electron chi connectivity index (χ2n) is 7.09. The van der Waals surface area contributed by atoms with Crippen LogP contribution in [-0.4, -0.2) is 46.4 Å². The predicted octanol–water partition coefficient (Wildman–Crippen LogP) is 3.51. The van der Waals surface area contributed by atoms with Crippen LogP contribution in [0.4, 0.5) is 0 Å². The van der Waals surface area contributed by atoms with E-state index in [1.807, 2.05) is 17.9 Å². The zero-order valence-corrected chi connectivity index (χ0v) is 16.6. The Morgan fingerprint density at radius 1 is 1.28 bits per heavy atom. The molecule has 1 fully saturated rings. The summed E-state index contributed by atoms with van der Waals surface area (Å²) in [5.41, 5.74) is 2.52. The topological polar surface area (TPSA) is 93.5 Å². The molecule has 1 aliphatic rings. The third kappa shape index (κ3) is 4.11. The summed E-state index contributed by atoms with van der Waals surface area (Å²) in [7, 11) is 1.61. The standard InChI is InChI=1S/C21H24N4O4/c1-14-11-19(29-24-14)17-12-22-23-21(17)18-5-3-4-10-25(18)20(26)13-28-16-8-6-15(27-2)7-9-16/h6-9,11-12,18H,3-5,10,13H2,1-2H3,(H,22,23)/t18-/m0/s1. The summed E-state index contributed by atoms with van der Waals surface area (Å²) in [5.74, 6) is 1.97. The number of benzene rings is 1. The van der Waals surface area contributed by atoms with E-state index < -0.39 is 0 Å². The maximum Gasteiger partial charge on any atom is 0.261 e. The van der Waals surface area contributed by atoms with Gasteiger partial charge in [0.25, 0.3) is 5.91 Å². The molecule has 4 rings (SSSR count). The lowest BCUT2D eigenvalue weighted by Crippen LogP contribution is -2.41. The van der Waals surface area contributed by atoms with Crippen molar-refractivity contribution >= 4 is 5.91 Å². The zero-order valence-electron chi connectivity index (χ0n) is 16.6. The molecule has 8 heteroatoms. The molecule has 29 heavy (non-hydrogen) atoms. The maximum absolute atomic E-state index is 13.0. The number of amides is 1. The van der Waals surface area contributed by atoms with Crippen molar-refractivity contribution in [2.75, 3.05) is 20.3 Å². The number of nitrogens with zero attached hydrogens (tertiary/aromatic N) is 3. The highest BCUT2D eigenvalue weighted by Gasteiger charge is 2.32. The number of aromatic nitrogens is 3. The van der Waals surface area contributed by atoms with Crippen LogP contribution in [0.5, 0.6) is 11.5 Å². The minimum Gasteiger partial charge on any atom is -0.497 e. The number of hydrogen-bond donors (Lipinski definition) is 1. The van der Waals surface area contributed by atoms with Crippen molar-refractivity contribution in [3.05, 3.63) is 47.9 Å². The van der Waals surface area contributed by atoms with Gasteiger partial charge in [0.05, 0.1) is 36.3 Å². The fourth-order valence-electron chi connectivity index (χ4n) is 3.67. The quantitative estimate of drug-likeness (QED) is 0.685. The van der Waals surface area contributed by atoms with Crippen molar-refractivity contribution in [2.45, 2.75) is 32.2 Å². The van der Waals surface area contributed by atoms with Crippen LogP contribution >= 0.6 is 0 Å². The number of carbonyl (C=O) groups excluding carboxylic acids is 1. The highest BCUT2D eigenvalue weighted by atomic mass is 16.5. The van der Waals surface area contributed by atoms with Gasteiger partial charge in [0.1, 0.15) is 11.5 Å². The first-order chi connectivity index (χ1) is 14.2. The van der Waals surface area contributed by atoms with E-state index in [4.69, 9.17) is 14.0 Å². The summed E-state index contributed by atoms with van der Waals surface area (Å²) < 4.78 is 16.3. The second-order valence-corrected chi connectivity index (χ2v) is 7.09. The predicted molar refractivity (Wildman–Crippen MR) is 106 cm³/mol. The van der Waals surface area contributed by atoms with Crippen LogP contribution in [-0.2, 0) is 4.79 Å². The molecule has 1 aromatic carbocycles. The van der Waals surface area contributed by atoms with Crippen molar-refractivity contribution in [1.82, 2.24) is 20.3 Å². The van der Waals surface area contributed by atoms with Crippen LogP contribution in [0.25, 0.3) is 11.3 Å². The lowest BCUT2D eigenvalue weighted by atomic mass is 9.96. The first-order valence-electron chi connectivity index (χ1n) is 9.69. The number of hydrogen-bond acceptors (Lipinski definition) is 6. The molecule has 0 unspecified atom stereocenters. The number of nitrogens with one attached hydrogen (secondary N) is 1. The number of ether oxygens (including phenoxy) is 2. The van der Waals surface area contributed by atoms with E-state index in [1.165, 1.54) is 0 Å². The van der Waals surface area contributed by atoms with Gasteiger partial charge in [-0.2, -0.15) is 5.10 Å². The molecule has 0 aliphatic carbocycles. The van der Waals surface area contributed by atoms with Crippen molar-refractivity contribution in [1.29, 1.82) is 0 Å². The molecule has 1 saturated heterocycles. The number of likely N-dealkylation sites (tertiary alicyclic amines) is 1. The Labute approximate surface area is 168 Å².